The highest BCUT2D eigenvalue weighted by molar-refractivity contribution is 9.10. The van der Waals surface area contributed by atoms with Gasteiger partial charge < -0.3 is 0 Å². The van der Waals surface area contributed by atoms with Gasteiger partial charge in [0.15, 0.2) is 0 Å². The summed E-state index contributed by atoms with van der Waals surface area (Å²) in [5.41, 5.74) is 1.15. The molecule has 2 rings (SSSR count). The highest BCUT2D eigenvalue weighted by atomic mass is 79.9. The molecule has 0 atom stereocenters. The minimum Gasteiger partial charge on any atom is -0.298 e. The molecule has 1 N–H and O–H groups in total. The zero-order chi connectivity index (χ0) is 8.72. The first-order valence-corrected chi connectivity index (χ1v) is 5.01. The van der Waals surface area contributed by atoms with Crippen LogP contribution in [0.4, 0.5) is 0 Å². The van der Waals surface area contributed by atoms with Gasteiger partial charge in [-0.1, -0.05) is 0 Å². The fourth-order valence-electron chi connectivity index (χ4n) is 1.34. The number of aromatic amines is 1. The van der Waals surface area contributed by atoms with E-state index in [0.717, 1.165) is 10.2 Å². The second-order valence-corrected chi connectivity index (χ2v) is 3.96. The fraction of sp³-hybridized carbons (Fsp3) is 0.625. The zero-order valence-electron chi connectivity index (χ0n) is 6.93. The van der Waals surface area contributed by atoms with Gasteiger partial charge in [-0.25, -0.2) is 0 Å². The number of hydrogen-bond donors (Lipinski definition) is 1. The van der Waals surface area contributed by atoms with Crippen molar-refractivity contribution >= 4 is 15.9 Å². The van der Waals surface area contributed by atoms with E-state index in [1.54, 1.807) is 4.68 Å². The predicted molar refractivity (Wildman–Crippen MR) is 50.4 cm³/mol. The molecular formula is C8H11BrN2O. The van der Waals surface area contributed by atoms with Crippen LogP contribution in [0.25, 0.3) is 0 Å². The molecule has 0 unspecified atom stereocenters. The summed E-state index contributed by atoms with van der Waals surface area (Å²) in [6.45, 7) is 2.67. The maximum absolute atomic E-state index is 11.4. The van der Waals surface area contributed by atoms with Crippen molar-refractivity contribution in [3.8, 4) is 0 Å². The van der Waals surface area contributed by atoms with Crippen molar-refractivity contribution in [3.05, 3.63) is 20.5 Å². The molecule has 66 valence electrons. The molecule has 1 aliphatic carbocycles. The van der Waals surface area contributed by atoms with Crippen LogP contribution in [-0.4, -0.2) is 9.78 Å². The van der Waals surface area contributed by atoms with Crippen molar-refractivity contribution in [1.82, 2.24) is 9.78 Å². The van der Waals surface area contributed by atoms with Gasteiger partial charge in [0.25, 0.3) is 5.56 Å². The Morgan fingerprint density at radius 2 is 2.33 bits per heavy atom. The van der Waals surface area contributed by atoms with E-state index in [4.69, 9.17) is 0 Å². The lowest BCUT2D eigenvalue weighted by atomic mass is 10.3. The van der Waals surface area contributed by atoms with Gasteiger partial charge in [-0.2, -0.15) is 0 Å². The summed E-state index contributed by atoms with van der Waals surface area (Å²) in [5, 5.41) is 3.12. The van der Waals surface area contributed by atoms with Crippen LogP contribution >= 0.6 is 15.9 Å². The summed E-state index contributed by atoms with van der Waals surface area (Å²) >= 11 is 3.32. The lowest BCUT2D eigenvalue weighted by molar-refractivity contribution is 0.627. The molecule has 3 nitrogen and oxygen atoms in total. The number of hydrogen-bond acceptors (Lipinski definition) is 1. The van der Waals surface area contributed by atoms with Gasteiger partial charge in [0.05, 0.1) is 5.69 Å². The van der Waals surface area contributed by atoms with E-state index in [-0.39, 0.29) is 5.56 Å². The quantitative estimate of drug-likeness (QED) is 0.828. The van der Waals surface area contributed by atoms with Gasteiger partial charge in [0.1, 0.15) is 4.47 Å². The van der Waals surface area contributed by atoms with Crippen molar-refractivity contribution in [2.45, 2.75) is 32.2 Å². The second kappa shape index (κ2) is 2.76. The number of aryl methyl sites for hydroxylation is 1. The molecule has 0 aromatic carbocycles. The highest BCUT2D eigenvalue weighted by Gasteiger charge is 2.29. The normalized spacial score (nSPS) is 16.8. The van der Waals surface area contributed by atoms with Crippen molar-refractivity contribution in [3.63, 3.8) is 0 Å². The summed E-state index contributed by atoms with van der Waals surface area (Å²) in [4.78, 5) is 11.4. The molecule has 1 fully saturated rings. The van der Waals surface area contributed by atoms with Gasteiger partial charge in [-0.3, -0.25) is 14.6 Å². The molecular weight excluding hydrogens is 220 g/mol. The highest BCUT2D eigenvalue weighted by Crippen LogP contribution is 2.41. The monoisotopic (exact) mass is 230 g/mol. The lowest BCUT2D eigenvalue weighted by Crippen LogP contribution is -2.15. The number of nitrogens with zero attached hydrogens (tertiary/aromatic N) is 1. The first-order valence-electron chi connectivity index (χ1n) is 4.22. The van der Waals surface area contributed by atoms with E-state index in [0.29, 0.717) is 12.5 Å². The Balaban J connectivity index is 2.48. The summed E-state index contributed by atoms with van der Waals surface area (Å²) in [7, 11) is 0. The van der Waals surface area contributed by atoms with Crippen LogP contribution in [0.3, 0.4) is 0 Å². The lowest BCUT2D eigenvalue weighted by Gasteiger charge is -1.93. The third-order valence-corrected chi connectivity index (χ3v) is 2.99. The van der Waals surface area contributed by atoms with Crippen LogP contribution in [0.5, 0.6) is 0 Å². The van der Waals surface area contributed by atoms with E-state index in [1.165, 1.54) is 12.8 Å². The van der Waals surface area contributed by atoms with E-state index < -0.39 is 0 Å². The SMILES string of the molecule is CCn1[nH]c(C2CC2)c(Br)c1=O. The van der Waals surface area contributed by atoms with Gasteiger partial charge in [-0.05, 0) is 35.7 Å². The van der Waals surface area contributed by atoms with Gasteiger partial charge in [0.2, 0.25) is 0 Å². The average molecular weight is 231 g/mol. The number of halogens is 1. The molecule has 0 aliphatic heterocycles. The Morgan fingerprint density at radius 3 is 2.75 bits per heavy atom. The summed E-state index contributed by atoms with van der Waals surface area (Å²) < 4.78 is 2.37. The maximum Gasteiger partial charge on any atom is 0.281 e. The molecule has 0 amide bonds. The Morgan fingerprint density at radius 1 is 1.67 bits per heavy atom. The Kier molecular flexibility index (Phi) is 1.87. The van der Waals surface area contributed by atoms with Crippen LogP contribution in [0.1, 0.15) is 31.4 Å². The van der Waals surface area contributed by atoms with E-state index >= 15 is 0 Å². The first-order chi connectivity index (χ1) is 5.74. The minimum atomic E-state index is 0.0689. The van der Waals surface area contributed by atoms with E-state index in [1.807, 2.05) is 6.92 Å². The second-order valence-electron chi connectivity index (χ2n) is 3.16. The predicted octanol–water partition coefficient (Wildman–Crippen LogP) is 1.84. The molecule has 0 spiro atoms. The van der Waals surface area contributed by atoms with E-state index in [9.17, 15) is 4.79 Å². The Hall–Kier alpha value is -0.510. The van der Waals surface area contributed by atoms with Crippen LogP contribution in [0.2, 0.25) is 0 Å². The molecule has 12 heavy (non-hydrogen) atoms. The molecule has 1 aliphatic rings. The number of aromatic nitrogens is 2. The molecule has 0 bridgehead atoms. The Bertz CT molecular complexity index is 348. The number of rotatable bonds is 2. The smallest absolute Gasteiger partial charge is 0.281 e. The number of H-pyrrole nitrogens is 1. The van der Waals surface area contributed by atoms with Crippen molar-refractivity contribution in [1.29, 1.82) is 0 Å². The van der Waals surface area contributed by atoms with Crippen molar-refractivity contribution in [2.75, 3.05) is 0 Å². The summed E-state index contributed by atoms with van der Waals surface area (Å²) in [5.74, 6) is 0.597. The maximum atomic E-state index is 11.4. The van der Waals surface area contributed by atoms with Crippen molar-refractivity contribution in [2.24, 2.45) is 0 Å². The third-order valence-electron chi connectivity index (χ3n) is 2.23. The zero-order valence-corrected chi connectivity index (χ0v) is 8.52. The van der Waals surface area contributed by atoms with Crippen LogP contribution < -0.4 is 5.56 Å². The molecule has 1 saturated carbocycles. The molecule has 0 radical (unpaired) electrons. The van der Waals surface area contributed by atoms with Gasteiger partial charge >= 0.3 is 0 Å². The fourth-order valence-corrected chi connectivity index (χ4v) is 1.97. The van der Waals surface area contributed by atoms with Crippen LogP contribution in [0, 0.1) is 0 Å². The van der Waals surface area contributed by atoms with Crippen LogP contribution in [0.15, 0.2) is 9.27 Å². The standard InChI is InChI=1S/C8H11BrN2O/c1-2-11-8(12)6(9)7(10-11)5-3-4-5/h5,10H,2-4H2,1H3. The van der Waals surface area contributed by atoms with Gasteiger partial charge in [0, 0.05) is 12.5 Å². The van der Waals surface area contributed by atoms with Crippen LogP contribution in [-0.2, 0) is 6.54 Å². The Labute approximate surface area is 78.9 Å². The first kappa shape index (κ1) is 8.10. The molecule has 1 aromatic rings. The largest absolute Gasteiger partial charge is 0.298 e. The van der Waals surface area contributed by atoms with Crippen molar-refractivity contribution < 1.29 is 0 Å². The summed E-state index contributed by atoms with van der Waals surface area (Å²) in [6, 6.07) is 0. The average Bonchev–Trinajstić information content (AvgIpc) is 2.84. The molecule has 1 aromatic heterocycles. The molecule has 0 saturated heterocycles. The van der Waals surface area contributed by atoms with Gasteiger partial charge in [-0.15, -0.1) is 0 Å². The van der Waals surface area contributed by atoms with E-state index in [2.05, 4.69) is 21.0 Å². The topological polar surface area (TPSA) is 37.8 Å². The number of nitrogens with one attached hydrogen (secondary N) is 1. The molecule has 1 heterocycles. The third kappa shape index (κ3) is 1.14. The minimum absolute atomic E-state index is 0.0689. The molecule has 4 heteroatoms. The summed E-state index contributed by atoms with van der Waals surface area (Å²) in [6.07, 6.45) is 2.42.